The maximum atomic E-state index is 10.7. The number of carbonyl (C=O) groups is 3. The second kappa shape index (κ2) is 17.3. The molecular formula is C15H33Cl2N5O6. The predicted octanol–water partition coefficient (Wildman–Crippen LogP) is -1.94. The van der Waals surface area contributed by atoms with Crippen LogP contribution in [-0.4, -0.2) is 79.8 Å². The van der Waals surface area contributed by atoms with E-state index in [2.05, 4.69) is 4.99 Å². The van der Waals surface area contributed by atoms with Crippen LogP contribution >= 0.6 is 24.8 Å². The Bertz CT molecular complexity index is 480. The first-order chi connectivity index (χ1) is 11.7. The van der Waals surface area contributed by atoms with Crippen molar-refractivity contribution in [3.8, 4) is 0 Å². The lowest BCUT2D eigenvalue weighted by Gasteiger charge is -2.28. The average molecular weight is 450 g/mol. The van der Waals surface area contributed by atoms with Crippen LogP contribution in [0.15, 0.2) is 4.99 Å². The summed E-state index contributed by atoms with van der Waals surface area (Å²) in [4.78, 5) is 34.9. The lowest BCUT2D eigenvalue weighted by Crippen LogP contribution is -2.43. The number of guanidine groups is 1. The molecule has 0 heterocycles. The minimum absolute atomic E-state index is 0. The molecule has 0 aliphatic rings. The van der Waals surface area contributed by atoms with E-state index in [0.29, 0.717) is 30.4 Å². The number of carbonyl (C=O) groups excluding carboxylic acids is 2. The first-order valence-corrected chi connectivity index (χ1v) is 7.96. The van der Waals surface area contributed by atoms with E-state index in [4.69, 9.17) is 27.0 Å². The van der Waals surface area contributed by atoms with Crippen molar-refractivity contribution < 1.29 is 33.8 Å². The quantitative estimate of drug-likeness (QED) is 0.0963. The minimum Gasteiger partial charge on any atom is -0.548 e. The molecule has 168 valence electrons. The largest absolute Gasteiger partial charge is 0.548 e. The predicted molar refractivity (Wildman–Crippen MR) is 108 cm³/mol. The Morgan fingerprint density at radius 1 is 1.18 bits per heavy atom. The molecule has 0 aromatic heterocycles. The summed E-state index contributed by atoms with van der Waals surface area (Å²) in [5.41, 5.74) is 15.2. The Labute approximate surface area is 177 Å². The van der Waals surface area contributed by atoms with E-state index >= 15 is 0 Å². The number of quaternary nitrogens is 1. The molecule has 28 heavy (non-hydrogen) atoms. The van der Waals surface area contributed by atoms with E-state index in [1.807, 2.05) is 21.1 Å². The van der Waals surface area contributed by atoms with Gasteiger partial charge in [-0.05, 0) is 12.8 Å². The number of aliphatic imine (C=N–C) groups is 1. The van der Waals surface area contributed by atoms with E-state index in [-0.39, 0.29) is 37.2 Å². The average Bonchev–Trinajstić information content (AvgIpc) is 2.40. The number of hydrogen-bond acceptors (Lipinski definition) is 7. The monoisotopic (exact) mass is 449 g/mol. The molecular weight excluding hydrogens is 417 g/mol. The highest BCUT2D eigenvalue weighted by Crippen LogP contribution is 2.05. The Morgan fingerprint density at radius 2 is 1.68 bits per heavy atom. The molecule has 0 unspecified atom stereocenters. The second-order valence-corrected chi connectivity index (χ2v) is 6.68. The zero-order chi connectivity index (χ0) is 20.9. The summed E-state index contributed by atoms with van der Waals surface area (Å²) in [7, 11) is 5.75. The fourth-order valence-corrected chi connectivity index (χ4v) is 1.82. The number of carboxylic acid groups (broad SMARTS) is 2. The molecule has 13 heteroatoms. The van der Waals surface area contributed by atoms with Gasteiger partial charge in [-0.2, -0.15) is 0 Å². The van der Waals surface area contributed by atoms with Crippen molar-refractivity contribution in [1.29, 1.82) is 0 Å². The van der Waals surface area contributed by atoms with Crippen LogP contribution in [0.3, 0.4) is 0 Å². The van der Waals surface area contributed by atoms with Gasteiger partial charge < -0.3 is 41.4 Å². The van der Waals surface area contributed by atoms with Crippen molar-refractivity contribution in [3.05, 3.63) is 0 Å². The number of nitrogens with zero attached hydrogens (tertiary/aromatic N) is 2. The smallest absolute Gasteiger partial charge is 0.307 e. The van der Waals surface area contributed by atoms with Crippen LogP contribution in [0.4, 0.5) is 0 Å². The van der Waals surface area contributed by atoms with Gasteiger partial charge in [-0.25, -0.2) is 0 Å². The molecule has 2 atom stereocenters. The molecule has 0 aliphatic carbocycles. The van der Waals surface area contributed by atoms with Crippen LogP contribution in [-0.2, 0) is 19.1 Å². The fourth-order valence-electron chi connectivity index (χ4n) is 1.82. The normalized spacial score (nSPS) is 11.9. The van der Waals surface area contributed by atoms with Gasteiger partial charge >= 0.3 is 11.9 Å². The third kappa shape index (κ3) is 26.4. The lowest BCUT2D eigenvalue weighted by atomic mass is 10.2. The van der Waals surface area contributed by atoms with Crippen LogP contribution in [0, 0.1) is 0 Å². The van der Waals surface area contributed by atoms with E-state index in [9.17, 15) is 19.5 Å². The first-order valence-electron chi connectivity index (χ1n) is 7.96. The highest BCUT2D eigenvalue weighted by molar-refractivity contribution is 5.85. The maximum Gasteiger partial charge on any atom is 0.307 e. The van der Waals surface area contributed by atoms with Crippen molar-refractivity contribution in [2.45, 2.75) is 38.3 Å². The molecule has 0 fully saturated rings. The molecule has 0 saturated heterocycles. The molecule has 0 saturated carbocycles. The summed E-state index contributed by atoms with van der Waals surface area (Å²) in [6.45, 7) is 2.17. The molecule has 0 amide bonds. The van der Waals surface area contributed by atoms with E-state index in [0.717, 1.165) is 0 Å². The highest BCUT2D eigenvalue weighted by Gasteiger charge is 2.23. The molecule has 0 aromatic rings. The Hall–Kier alpha value is -1.82. The highest BCUT2D eigenvalue weighted by atomic mass is 35.5. The van der Waals surface area contributed by atoms with E-state index < -0.39 is 30.1 Å². The topological polar surface area (TPSA) is 194 Å². The van der Waals surface area contributed by atoms with E-state index in [1.165, 1.54) is 6.92 Å². The number of halogens is 2. The zero-order valence-corrected chi connectivity index (χ0v) is 18.3. The number of likely N-dealkylation sites (N-methyl/N-ethyl adjacent to an activating group) is 1. The van der Waals surface area contributed by atoms with Crippen LogP contribution in [0.25, 0.3) is 0 Å². The first kappa shape index (κ1) is 33.7. The number of aliphatic carboxylic acids is 2. The van der Waals surface area contributed by atoms with Crippen molar-refractivity contribution in [1.82, 2.24) is 0 Å². The van der Waals surface area contributed by atoms with Crippen LogP contribution in [0.2, 0.25) is 0 Å². The van der Waals surface area contributed by atoms with E-state index in [1.54, 1.807) is 0 Å². The molecule has 0 aromatic carbocycles. The number of esters is 1. The van der Waals surface area contributed by atoms with Gasteiger partial charge in [-0.3, -0.25) is 14.6 Å². The van der Waals surface area contributed by atoms with Gasteiger partial charge in [-0.15, -0.1) is 24.8 Å². The standard InChI is InChI=1S/C9H17NO4.C6H14N4O2.2ClH/c1-7(11)14-8(5-9(12)13)6-10(2,3)4;7-4(5(11)12)2-1-3-10-6(8)9;;/h8H,5-6H2,1-4H3;4H,1-3,7H2,(H,11,12)(H4,8,9,10);2*1H/t8-;4-;;/m01../s1. The number of carboxylic acids is 2. The summed E-state index contributed by atoms with van der Waals surface area (Å²) in [5, 5.41) is 18.7. The lowest BCUT2D eigenvalue weighted by molar-refractivity contribution is -0.873. The minimum atomic E-state index is -1.25. The number of hydrogen-bond donors (Lipinski definition) is 4. The Morgan fingerprint density at radius 3 is 2.00 bits per heavy atom. The van der Waals surface area contributed by atoms with Gasteiger partial charge in [0.1, 0.15) is 6.54 Å². The van der Waals surface area contributed by atoms with Gasteiger partial charge in [0, 0.05) is 19.5 Å². The van der Waals surface area contributed by atoms with Crippen molar-refractivity contribution >= 4 is 48.7 Å². The van der Waals surface area contributed by atoms with Gasteiger partial charge in [0.15, 0.2) is 12.1 Å². The van der Waals surface area contributed by atoms with Crippen LogP contribution in [0.1, 0.15) is 26.2 Å². The molecule has 0 spiro atoms. The van der Waals surface area contributed by atoms with Gasteiger partial charge in [0.05, 0.1) is 33.5 Å². The number of rotatable bonds is 10. The summed E-state index contributed by atoms with van der Waals surface area (Å²) in [6, 6.07) is -0.931. The third-order valence-electron chi connectivity index (χ3n) is 2.76. The van der Waals surface area contributed by atoms with Crippen molar-refractivity contribution in [2.24, 2.45) is 22.2 Å². The summed E-state index contributed by atoms with van der Waals surface area (Å²) in [6.07, 6.45) is 0.159. The summed E-state index contributed by atoms with van der Waals surface area (Å²) >= 11 is 0. The summed E-state index contributed by atoms with van der Waals surface area (Å²) in [5.74, 6) is -2.65. The SMILES string of the molecule is CC(=O)O[C@@H](CC(=O)O)C[N+](C)(C)C.Cl.Cl.NC(N)=NCCC[C@@H](N)C(=O)[O-]. The molecule has 0 rings (SSSR count). The molecule has 7 N–H and O–H groups in total. The zero-order valence-electron chi connectivity index (χ0n) is 16.6. The molecule has 0 radical (unpaired) electrons. The van der Waals surface area contributed by atoms with Crippen LogP contribution in [0.5, 0.6) is 0 Å². The molecule has 0 bridgehead atoms. The van der Waals surface area contributed by atoms with Gasteiger partial charge in [0.25, 0.3) is 0 Å². The Balaban J connectivity index is -0.000000194. The fraction of sp³-hybridized carbons (Fsp3) is 0.733. The van der Waals surface area contributed by atoms with Gasteiger partial charge in [0.2, 0.25) is 0 Å². The number of nitrogens with two attached hydrogens (primary N) is 3. The summed E-state index contributed by atoms with van der Waals surface area (Å²) < 4.78 is 5.46. The Kier molecular flexibility index (Phi) is 20.8. The third-order valence-corrected chi connectivity index (χ3v) is 2.76. The van der Waals surface area contributed by atoms with Crippen molar-refractivity contribution in [2.75, 3.05) is 34.2 Å². The molecule has 11 nitrogen and oxygen atoms in total. The molecule has 0 aliphatic heterocycles. The second-order valence-electron chi connectivity index (χ2n) is 6.68. The number of ether oxygens (including phenoxy) is 1. The van der Waals surface area contributed by atoms with Crippen LogP contribution < -0.4 is 22.3 Å². The van der Waals surface area contributed by atoms with Gasteiger partial charge in [-0.1, -0.05) is 0 Å². The van der Waals surface area contributed by atoms with Crippen molar-refractivity contribution in [3.63, 3.8) is 0 Å². The maximum absolute atomic E-state index is 10.7.